The van der Waals surface area contributed by atoms with E-state index < -0.39 is 0 Å². The maximum atomic E-state index is 5.50. The minimum atomic E-state index is 1.34. The second kappa shape index (κ2) is 38.2. The lowest BCUT2D eigenvalue weighted by Crippen LogP contribution is -1.59. The van der Waals surface area contributed by atoms with E-state index in [9.17, 15) is 0 Å². The van der Waals surface area contributed by atoms with Gasteiger partial charge in [-0.15, -0.1) is 0 Å². The molecule has 0 heterocycles. The molecule has 0 amide bonds. The van der Waals surface area contributed by atoms with Gasteiger partial charge in [0.15, 0.2) is 0 Å². The topological polar surface area (TPSA) is 124 Å². The van der Waals surface area contributed by atoms with Crippen LogP contribution in [-0.4, -0.2) is 0 Å². The number of nitrogens with one attached hydrogen (secondary N) is 4. The molecule has 0 aliphatic heterocycles. The molecule has 11 heavy (non-hydrogen) atoms. The fourth-order valence-electron chi connectivity index (χ4n) is 0.354. The van der Waals surface area contributed by atoms with Crippen molar-refractivity contribution in [2.45, 2.75) is 33.1 Å². The van der Waals surface area contributed by atoms with Crippen LogP contribution in [0.5, 0.6) is 0 Å². The van der Waals surface area contributed by atoms with Crippen molar-refractivity contribution in [3.8, 4) is 0 Å². The van der Waals surface area contributed by atoms with E-state index >= 15 is 0 Å². The van der Waals surface area contributed by atoms with Crippen LogP contribution in [0.2, 0.25) is 0 Å². The Kier molecular flexibility index (Phi) is 56.6. The predicted molar refractivity (Wildman–Crippen MR) is 40.3 cm³/mol. The first-order chi connectivity index (χ1) is 5.24. The van der Waals surface area contributed by atoms with Gasteiger partial charge in [-0.3, -0.25) is 0 Å². The summed E-state index contributed by atoms with van der Waals surface area (Å²) in [6, 6.07) is 0. The highest BCUT2D eigenvalue weighted by Gasteiger charge is 1.68. The maximum Gasteiger partial charge on any atom is 0.211 e. The summed E-state index contributed by atoms with van der Waals surface area (Å²) in [7, 11) is 0. The first-order valence-electron chi connectivity index (χ1n) is 3.31. The highest BCUT2D eigenvalue weighted by molar-refractivity contribution is 4.24. The lowest BCUT2D eigenvalue weighted by molar-refractivity contribution is 0.772. The fraction of sp³-hybridized carbons (Fsp3) is 1.00. The minimum Gasteiger partial charge on any atom is -0.0654 e. The van der Waals surface area contributed by atoms with Crippen LogP contribution in [0.3, 0.4) is 0 Å². The third kappa shape index (κ3) is 983. The summed E-state index contributed by atoms with van der Waals surface area (Å²) in [5, 5.41) is 0. The zero-order chi connectivity index (χ0) is 9.54. The zero-order valence-electron chi connectivity index (χ0n) is 7.02. The van der Waals surface area contributed by atoms with Gasteiger partial charge in [0.1, 0.15) is 22.1 Å². The monoisotopic (exact) mass is 160 g/mol. The van der Waals surface area contributed by atoms with Crippen LogP contribution in [-0.2, 0) is 0 Å². The highest BCUT2D eigenvalue weighted by Crippen LogP contribution is 1.88. The van der Waals surface area contributed by atoms with Crippen molar-refractivity contribution < 1.29 is 0 Å². The third-order valence-electron chi connectivity index (χ3n) is 0.707. The highest BCUT2D eigenvalue weighted by atomic mass is 15.0. The Balaban J connectivity index is -0.0000000933. The van der Waals surface area contributed by atoms with E-state index in [0.717, 1.165) is 0 Å². The summed E-state index contributed by atoms with van der Waals surface area (Å²) < 4.78 is 0. The lowest BCUT2D eigenvalue weighted by Gasteiger charge is -1.79. The van der Waals surface area contributed by atoms with Crippen molar-refractivity contribution >= 4 is 0 Å². The van der Waals surface area contributed by atoms with Gasteiger partial charge in [0.25, 0.3) is 0 Å². The second-order valence-electron chi connectivity index (χ2n) is 1.58. The summed E-state index contributed by atoms with van der Waals surface area (Å²) in [6.07, 6.45) is 4.08. The number of unbranched alkanes of at least 4 members (excludes halogenated alkanes) is 2. The van der Waals surface area contributed by atoms with E-state index in [4.69, 9.17) is 22.1 Å². The van der Waals surface area contributed by atoms with Crippen molar-refractivity contribution in [3.63, 3.8) is 0 Å². The Morgan fingerprint density at radius 2 is 1.00 bits per heavy atom. The van der Waals surface area contributed by atoms with Gasteiger partial charge in [0.05, 0.1) is 0 Å². The Bertz CT molecular complexity index is 94.1. The summed E-state index contributed by atoms with van der Waals surface area (Å²) in [4.78, 5) is 4.00. The van der Waals surface area contributed by atoms with E-state index in [2.05, 4.69) is 13.8 Å². The molecule has 0 atom stereocenters. The first-order valence-corrected chi connectivity index (χ1v) is 3.31. The smallest absolute Gasteiger partial charge is 0.0654 e. The SMILES string of the molecule is CCCCC.N=[N+]=N.N=[N+]=N. The minimum absolute atomic E-state index is 1.34. The van der Waals surface area contributed by atoms with Crippen molar-refractivity contribution in [1.82, 2.24) is 9.82 Å². The molecule has 0 spiro atoms. The standard InChI is InChI=1S/C5H12.2H2N3/c1-3-5-4-2;2*1-3-2/h3-5H2,1-2H3;2*1-2H/q;2*+1. The fourth-order valence-corrected chi connectivity index (χ4v) is 0.354. The predicted octanol–water partition coefficient (Wildman–Crippen LogP) is 2.43. The Morgan fingerprint density at radius 3 is 1.00 bits per heavy atom. The van der Waals surface area contributed by atoms with Crippen molar-refractivity contribution in [2.24, 2.45) is 0 Å². The molecule has 0 radical (unpaired) electrons. The summed E-state index contributed by atoms with van der Waals surface area (Å²) in [5.74, 6) is 0. The molecule has 0 aromatic rings. The number of hydrogen-bond donors (Lipinski definition) is 4. The molecule has 0 fully saturated rings. The van der Waals surface area contributed by atoms with Crippen molar-refractivity contribution in [3.05, 3.63) is 0 Å². The molecule has 64 valence electrons. The molecule has 0 bridgehead atoms. The maximum absolute atomic E-state index is 5.50. The molecule has 4 N–H and O–H groups in total. The number of rotatable bonds is 2. The zero-order valence-corrected chi connectivity index (χ0v) is 7.02. The van der Waals surface area contributed by atoms with E-state index in [1.165, 1.54) is 19.3 Å². The molecule has 0 saturated carbocycles. The molecule has 6 nitrogen and oxygen atoms in total. The van der Waals surface area contributed by atoms with Gasteiger partial charge in [-0.25, -0.2) is 0 Å². The van der Waals surface area contributed by atoms with E-state index in [0.29, 0.717) is 0 Å². The quantitative estimate of drug-likeness (QED) is 0.350. The normalized spacial score (nSPS) is 5.27. The third-order valence-corrected chi connectivity index (χ3v) is 0.707. The van der Waals surface area contributed by atoms with Gasteiger partial charge in [0, 0.05) is 0 Å². The number of hydrogen-bond acceptors (Lipinski definition) is 4. The average Bonchev–Trinajstić information content (AvgIpc) is 1.92. The van der Waals surface area contributed by atoms with Gasteiger partial charge in [-0.1, -0.05) is 33.1 Å². The Labute approximate surface area is 66.1 Å². The van der Waals surface area contributed by atoms with Gasteiger partial charge in [-0.05, 0) is 0 Å². The van der Waals surface area contributed by atoms with Crippen LogP contribution < -0.4 is 9.82 Å². The molecule has 0 unspecified atom stereocenters. The molecule has 0 aliphatic rings. The number of nitrogens with zero attached hydrogens (tertiary/aromatic N) is 2. The summed E-state index contributed by atoms with van der Waals surface area (Å²) in [5.41, 5.74) is 22.0. The lowest BCUT2D eigenvalue weighted by atomic mass is 10.3. The molecule has 0 aliphatic carbocycles. The molecular formula is C5H16N6+2. The van der Waals surface area contributed by atoms with Crippen LogP contribution in [0.25, 0.3) is 0 Å². The molecule has 0 rings (SSSR count). The van der Waals surface area contributed by atoms with Crippen LogP contribution in [0, 0.1) is 22.1 Å². The van der Waals surface area contributed by atoms with E-state index in [1.807, 2.05) is 9.82 Å². The van der Waals surface area contributed by atoms with Gasteiger partial charge in [0.2, 0.25) is 9.82 Å². The van der Waals surface area contributed by atoms with Crippen molar-refractivity contribution in [2.75, 3.05) is 0 Å². The van der Waals surface area contributed by atoms with Gasteiger partial charge < -0.3 is 0 Å². The van der Waals surface area contributed by atoms with Crippen LogP contribution in [0.1, 0.15) is 33.1 Å². The molecule has 6 heteroatoms. The van der Waals surface area contributed by atoms with Gasteiger partial charge >= 0.3 is 0 Å². The van der Waals surface area contributed by atoms with E-state index in [1.54, 1.807) is 0 Å². The summed E-state index contributed by atoms with van der Waals surface area (Å²) in [6.45, 7) is 4.42. The summed E-state index contributed by atoms with van der Waals surface area (Å²) >= 11 is 0. The largest absolute Gasteiger partial charge is 0.211 e. The average molecular weight is 160 g/mol. The Hall–Kier alpha value is -1.38. The van der Waals surface area contributed by atoms with Gasteiger partial charge in [-0.2, -0.15) is 0 Å². The molecule has 0 saturated heterocycles. The molecular weight excluding hydrogens is 144 g/mol. The second-order valence-corrected chi connectivity index (χ2v) is 1.58. The Morgan fingerprint density at radius 1 is 0.818 bits per heavy atom. The molecule has 0 aromatic heterocycles. The van der Waals surface area contributed by atoms with E-state index in [-0.39, 0.29) is 0 Å². The van der Waals surface area contributed by atoms with Crippen LogP contribution in [0.15, 0.2) is 0 Å². The van der Waals surface area contributed by atoms with Crippen LogP contribution in [0.4, 0.5) is 0 Å². The van der Waals surface area contributed by atoms with Crippen LogP contribution >= 0.6 is 0 Å². The molecule has 0 aromatic carbocycles. The van der Waals surface area contributed by atoms with Crippen molar-refractivity contribution in [1.29, 1.82) is 22.1 Å². The first kappa shape index (κ1) is 16.3.